The molecule has 140 valence electrons. The Kier molecular flexibility index (Phi) is 6.18. The first-order valence-electron chi connectivity index (χ1n) is 10.0. The second-order valence-corrected chi connectivity index (χ2v) is 7.40. The molecule has 2 atom stereocenters. The third-order valence-corrected chi connectivity index (χ3v) is 5.60. The molecule has 0 spiro atoms. The van der Waals surface area contributed by atoms with E-state index >= 15 is 0 Å². The molecule has 2 saturated heterocycles. The molecule has 0 aromatic heterocycles. The second kappa shape index (κ2) is 8.96. The van der Waals surface area contributed by atoms with Gasteiger partial charge in [-0.25, -0.2) is 0 Å². The highest BCUT2D eigenvalue weighted by atomic mass is 16.5. The molecule has 2 aliphatic rings. The van der Waals surface area contributed by atoms with Crippen LogP contribution in [0.25, 0.3) is 10.8 Å². The Morgan fingerprint density at radius 1 is 0.808 bits per heavy atom. The molecule has 2 aliphatic heterocycles. The monoisotopic (exact) mass is 354 g/mol. The van der Waals surface area contributed by atoms with Crippen LogP contribution in [0.1, 0.15) is 24.0 Å². The Bertz CT molecular complexity index is 706. The number of fused-ring (bicyclic) bond motifs is 1. The van der Waals surface area contributed by atoms with Gasteiger partial charge in [-0.3, -0.25) is 0 Å². The van der Waals surface area contributed by atoms with Crippen LogP contribution in [0.4, 0.5) is 0 Å². The van der Waals surface area contributed by atoms with Gasteiger partial charge in [-0.15, -0.1) is 0 Å². The van der Waals surface area contributed by atoms with Crippen molar-refractivity contribution in [2.45, 2.75) is 37.9 Å². The third kappa shape index (κ3) is 4.44. The lowest BCUT2D eigenvalue weighted by Crippen LogP contribution is -2.39. The molecule has 2 unspecified atom stereocenters. The van der Waals surface area contributed by atoms with E-state index in [1.165, 1.54) is 21.9 Å². The van der Waals surface area contributed by atoms with Gasteiger partial charge in [-0.05, 0) is 47.6 Å². The summed E-state index contributed by atoms with van der Waals surface area (Å²) in [5.41, 5.74) is 2.97. The molecule has 4 nitrogen and oxygen atoms in total. The first-order chi connectivity index (χ1) is 12.9. The van der Waals surface area contributed by atoms with E-state index in [2.05, 4.69) is 47.0 Å². The smallest absolute Gasteiger partial charge is 0.0703 e. The van der Waals surface area contributed by atoms with Crippen LogP contribution < -0.4 is 10.6 Å². The van der Waals surface area contributed by atoms with Crippen molar-refractivity contribution in [1.82, 2.24) is 10.6 Å². The molecular formula is C22H30N2O2. The maximum absolute atomic E-state index is 5.92. The van der Waals surface area contributed by atoms with Crippen LogP contribution in [-0.4, -0.2) is 51.6 Å². The van der Waals surface area contributed by atoms with Gasteiger partial charge in [-0.2, -0.15) is 0 Å². The van der Waals surface area contributed by atoms with E-state index in [1.807, 2.05) is 0 Å². The van der Waals surface area contributed by atoms with Crippen LogP contribution in [0.2, 0.25) is 0 Å². The van der Waals surface area contributed by atoms with Gasteiger partial charge in [0.2, 0.25) is 0 Å². The van der Waals surface area contributed by atoms with Gasteiger partial charge >= 0.3 is 0 Å². The molecule has 4 heteroatoms. The van der Waals surface area contributed by atoms with Gasteiger partial charge in [-0.1, -0.05) is 36.4 Å². The molecule has 0 saturated carbocycles. The van der Waals surface area contributed by atoms with E-state index in [-0.39, 0.29) is 0 Å². The van der Waals surface area contributed by atoms with Crippen molar-refractivity contribution in [3.8, 4) is 0 Å². The highest BCUT2D eigenvalue weighted by molar-refractivity contribution is 5.86. The molecule has 0 radical (unpaired) electrons. The summed E-state index contributed by atoms with van der Waals surface area (Å²) in [6.07, 6.45) is 4.99. The Labute approximate surface area is 156 Å². The van der Waals surface area contributed by atoms with Gasteiger partial charge < -0.3 is 20.1 Å². The Morgan fingerprint density at radius 2 is 1.50 bits per heavy atom. The predicted molar refractivity (Wildman–Crippen MR) is 106 cm³/mol. The number of morpholine rings is 2. The number of rotatable bonds is 6. The Morgan fingerprint density at radius 3 is 2.19 bits per heavy atom. The first kappa shape index (κ1) is 17.9. The molecule has 0 aliphatic carbocycles. The van der Waals surface area contributed by atoms with E-state index in [0.29, 0.717) is 12.2 Å². The lowest BCUT2D eigenvalue weighted by Gasteiger charge is -2.25. The summed E-state index contributed by atoms with van der Waals surface area (Å²) in [6, 6.07) is 13.4. The summed E-state index contributed by atoms with van der Waals surface area (Å²) in [5, 5.41) is 9.61. The molecule has 2 N–H and O–H groups in total. The summed E-state index contributed by atoms with van der Waals surface area (Å²) in [4.78, 5) is 0. The molecule has 2 heterocycles. The van der Waals surface area contributed by atoms with E-state index in [9.17, 15) is 0 Å². The van der Waals surface area contributed by atoms with Gasteiger partial charge in [0, 0.05) is 26.2 Å². The van der Waals surface area contributed by atoms with Crippen molar-refractivity contribution in [1.29, 1.82) is 0 Å². The van der Waals surface area contributed by atoms with Crippen molar-refractivity contribution in [2.24, 2.45) is 0 Å². The van der Waals surface area contributed by atoms with E-state index < -0.39 is 0 Å². The van der Waals surface area contributed by atoms with Gasteiger partial charge in [0.15, 0.2) is 0 Å². The topological polar surface area (TPSA) is 42.5 Å². The van der Waals surface area contributed by atoms with E-state index in [4.69, 9.17) is 9.47 Å². The molecule has 0 amide bonds. The largest absolute Gasteiger partial charge is 0.376 e. The minimum absolute atomic E-state index is 0.335. The summed E-state index contributed by atoms with van der Waals surface area (Å²) in [7, 11) is 0. The maximum Gasteiger partial charge on any atom is 0.0703 e. The van der Waals surface area contributed by atoms with Crippen molar-refractivity contribution >= 4 is 10.8 Å². The van der Waals surface area contributed by atoms with Crippen LogP contribution in [-0.2, 0) is 22.3 Å². The predicted octanol–water partition coefficient (Wildman–Crippen LogP) is 2.68. The quantitative estimate of drug-likeness (QED) is 0.837. The van der Waals surface area contributed by atoms with Crippen LogP contribution >= 0.6 is 0 Å². The van der Waals surface area contributed by atoms with Crippen LogP contribution in [0.3, 0.4) is 0 Å². The minimum atomic E-state index is 0.335. The summed E-state index contributed by atoms with van der Waals surface area (Å²) in [6.45, 7) is 5.57. The standard InChI is InChI=1S/C22H30N2O2/c1-2-4-21-17(3-1)5-6-18(7-8-19-15-23-11-13-25-19)22(21)10-9-20-16-24-12-14-26-20/h1-6,19-20,23-24H,7-16H2. The van der Waals surface area contributed by atoms with Crippen LogP contribution in [0.15, 0.2) is 36.4 Å². The molecule has 2 aromatic carbocycles. The van der Waals surface area contributed by atoms with Gasteiger partial charge in [0.25, 0.3) is 0 Å². The summed E-state index contributed by atoms with van der Waals surface area (Å²) in [5.74, 6) is 0. The zero-order valence-electron chi connectivity index (χ0n) is 15.5. The normalized spacial score (nSPS) is 24.0. The van der Waals surface area contributed by atoms with Crippen molar-refractivity contribution in [3.05, 3.63) is 47.5 Å². The minimum Gasteiger partial charge on any atom is -0.376 e. The van der Waals surface area contributed by atoms with Crippen molar-refractivity contribution in [3.63, 3.8) is 0 Å². The fraction of sp³-hybridized carbons (Fsp3) is 0.545. The van der Waals surface area contributed by atoms with Crippen LogP contribution in [0, 0.1) is 0 Å². The van der Waals surface area contributed by atoms with E-state index in [0.717, 1.165) is 65.1 Å². The molecule has 2 fully saturated rings. The second-order valence-electron chi connectivity index (χ2n) is 7.40. The zero-order valence-corrected chi connectivity index (χ0v) is 15.5. The Hall–Kier alpha value is -1.46. The lowest BCUT2D eigenvalue weighted by molar-refractivity contribution is 0.0229. The van der Waals surface area contributed by atoms with Crippen molar-refractivity contribution in [2.75, 3.05) is 39.4 Å². The Balaban J connectivity index is 1.50. The maximum atomic E-state index is 5.92. The number of hydrogen-bond acceptors (Lipinski definition) is 4. The third-order valence-electron chi connectivity index (χ3n) is 5.60. The average molecular weight is 354 g/mol. The van der Waals surface area contributed by atoms with Crippen molar-refractivity contribution < 1.29 is 9.47 Å². The number of nitrogens with one attached hydrogen (secondary N) is 2. The fourth-order valence-corrected chi connectivity index (χ4v) is 4.14. The van der Waals surface area contributed by atoms with E-state index in [1.54, 1.807) is 0 Å². The molecular weight excluding hydrogens is 324 g/mol. The van der Waals surface area contributed by atoms with Crippen LogP contribution in [0.5, 0.6) is 0 Å². The summed E-state index contributed by atoms with van der Waals surface area (Å²) >= 11 is 0. The lowest BCUT2D eigenvalue weighted by atomic mass is 9.91. The SMILES string of the molecule is c1ccc2c(CCC3CNCCO3)c(CCC3CNCCO3)ccc2c1. The van der Waals surface area contributed by atoms with Gasteiger partial charge in [0.1, 0.15) is 0 Å². The fourth-order valence-electron chi connectivity index (χ4n) is 4.14. The number of benzene rings is 2. The first-order valence-corrected chi connectivity index (χ1v) is 10.0. The average Bonchev–Trinajstić information content (AvgIpc) is 2.72. The zero-order chi connectivity index (χ0) is 17.6. The summed E-state index contributed by atoms with van der Waals surface area (Å²) < 4.78 is 11.8. The van der Waals surface area contributed by atoms with Gasteiger partial charge in [0.05, 0.1) is 25.4 Å². The molecule has 4 rings (SSSR count). The highest BCUT2D eigenvalue weighted by Gasteiger charge is 2.17. The molecule has 26 heavy (non-hydrogen) atoms. The highest BCUT2D eigenvalue weighted by Crippen LogP contribution is 2.26. The molecule has 2 aromatic rings. The number of hydrogen-bond donors (Lipinski definition) is 2. The molecule has 0 bridgehead atoms. The number of ether oxygens (including phenoxy) is 2. The number of aryl methyl sites for hydroxylation is 2.